The number of rotatable bonds is 5. The summed E-state index contributed by atoms with van der Waals surface area (Å²) >= 11 is 1.47. The molecule has 34 heavy (non-hydrogen) atoms. The van der Waals surface area contributed by atoms with E-state index in [0.29, 0.717) is 44.0 Å². The van der Waals surface area contributed by atoms with Crippen LogP contribution in [0, 0.1) is 12.7 Å². The van der Waals surface area contributed by atoms with Crippen LogP contribution in [0.1, 0.15) is 26.5 Å². The molecule has 1 saturated heterocycles. The maximum atomic E-state index is 14.5. The van der Waals surface area contributed by atoms with Gasteiger partial charge >= 0.3 is 0 Å². The zero-order valence-corrected chi connectivity index (χ0v) is 19.8. The molecule has 0 N–H and O–H groups in total. The summed E-state index contributed by atoms with van der Waals surface area (Å²) in [5.74, 6) is 1.32. The quantitative estimate of drug-likeness (QED) is 0.400. The first-order valence-electron chi connectivity index (χ1n) is 11.3. The normalized spacial score (nSPS) is 13.8. The third-order valence-corrected chi connectivity index (χ3v) is 7.01. The van der Waals surface area contributed by atoms with Crippen LogP contribution in [-0.2, 0) is 6.42 Å². The lowest BCUT2D eigenvalue weighted by Gasteiger charge is -2.36. The van der Waals surface area contributed by atoms with Crippen molar-refractivity contribution in [1.29, 1.82) is 0 Å². The Morgan fingerprint density at radius 1 is 0.941 bits per heavy atom. The topological polar surface area (TPSA) is 49.3 Å². The molecular weight excluding hydrogens is 447 g/mol. The molecule has 172 valence electrons. The zero-order valence-electron chi connectivity index (χ0n) is 18.9. The third kappa shape index (κ3) is 4.56. The van der Waals surface area contributed by atoms with E-state index in [4.69, 9.17) is 9.97 Å². The number of anilines is 1. The SMILES string of the molecule is Cc1nc(-c2ccccc2)nc(N2CCN(C(=O)c3cccs3)CC2)c1Cc1ccccc1F. The van der Waals surface area contributed by atoms with Crippen molar-refractivity contribution in [3.8, 4) is 11.4 Å². The molecule has 0 radical (unpaired) electrons. The van der Waals surface area contributed by atoms with E-state index in [1.54, 1.807) is 12.1 Å². The highest BCUT2D eigenvalue weighted by Crippen LogP contribution is 2.29. The number of carbonyl (C=O) groups excluding carboxylic acids is 1. The molecule has 0 saturated carbocycles. The summed E-state index contributed by atoms with van der Waals surface area (Å²) in [6.07, 6.45) is 0.414. The Kier molecular flexibility index (Phi) is 6.36. The molecule has 5 rings (SSSR count). The van der Waals surface area contributed by atoms with Crippen LogP contribution in [0.25, 0.3) is 11.4 Å². The highest BCUT2D eigenvalue weighted by Gasteiger charge is 2.26. The maximum absolute atomic E-state index is 14.5. The fraction of sp³-hybridized carbons (Fsp3) is 0.222. The first-order valence-corrected chi connectivity index (χ1v) is 12.2. The Morgan fingerprint density at radius 3 is 2.38 bits per heavy atom. The van der Waals surface area contributed by atoms with Crippen molar-refractivity contribution in [3.63, 3.8) is 0 Å². The monoisotopic (exact) mass is 472 g/mol. The molecule has 3 heterocycles. The summed E-state index contributed by atoms with van der Waals surface area (Å²) in [5.41, 5.74) is 3.32. The van der Waals surface area contributed by atoms with E-state index >= 15 is 0 Å². The average molecular weight is 473 g/mol. The molecule has 1 fully saturated rings. The number of benzene rings is 2. The number of hydrogen-bond acceptors (Lipinski definition) is 5. The number of halogens is 1. The van der Waals surface area contributed by atoms with Crippen LogP contribution in [0.5, 0.6) is 0 Å². The molecule has 4 aromatic rings. The second-order valence-electron chi connectivity index (χ2n) is 8.33. The summed E-state index contributed by atoms with van der Waals surface area (Å²) < 4.78 is 14.5. The zero-order chi connectivity index (χ0) is 23.5. The number of hydrogen-bond donors (Lipinski definition) is 0. The van der Waals surface area contributed by atoms with Gasteiger partial charge in [-0.15, -0.1) is 11.3 Å². The standard InChI is InChI=1S/C27H25FN4OS/c1-19-22(18-21-10-5-6-11-23(21)28)26(30-25(29-19)20-8-3-2-4-9-20)31-13-15-32(16-14-31)27(33)24-12-7-17-34-24/h2-12,17H,13-16,18H2,1H3. The van der Waals surface area contributed by atoms with E-state index in [-0.39, 0.29) is 11.7 Å². The van der Waals surface area contributed by atoms with Gasteiger partial charge in [0.05, 0.1) is 4.88 Å². The summed E-state index contributed by atoms with van der Waals surface area (Å²) in [4.78, 5) is 27.4. The maximum Gasteiger partial charge on any atom is 0.264 e. The van der Waals surface area contributed by atoms with Crippen molar-refractivity contribution in [1.82, 2.24) is 14.9 Å². The number of carbonyl (C=O) groups is 1. The van der Waals surface area contributed by atoms with E-state index in [9.17, 15) is 9.18 Å². The number of piperazine rings is 1. The number of nitrogens with zero attached hydrogens (tertiary/aromatic N) is 4. The van der Waals surface area contributed by atoms with Gasteiger partial charge in [0.25, 0.3) is 5.91 Å². The van der Waals surface area contributed by atoms with Crippen molar-refractivity contribution >= 4 is 23.1 Å². The van der Waals surface area contributed by atoms with Crippen molar-refractivity contribution < 1.29 is 9.18 Å². The summed E-state index contributed by atoms with van der Waals surface area (Å²) in [5, 5.41) is 1.92. The minimum Gasteiger partial charge on any atom is -0.353 e. The summed E-state index contributed by atoms with van der Waals surface area (Å²) in [6.45, 7) is 4.50. The Morgan fingerprint density at radius 2 is 1.68 bits per heavy atom. The largest absolute Gasteiger partial charge is 0.353 e. The Balaban J connectivity index is 1.47. The fourth-order valence-corrected chi connectivity index (χ4v) is 4.97. The van der Waals surface area contributed by atoms with Gasteiger partial charge in [-0.05, 0) is 30.0 Å². The first kappa shape index (κ1) is 22.2. The van der Waals surface area contributed by atoms with Gasteiger partial charge in [-0.2, -0.15) is 0 Å². The van der Waals surface area contributed by atoms with Crippen LogP contribution >= 0.6 is 11.3 Å². The lowest BCUT2D eigenvalue weighted by atomic mass is 10.0. The minimum atomic E-state index is -0.230. The van der Waals surface area contributed by atoms with Crippen LogP contribution in [0.2, 0.25) is 0 Å². The second-order valence-corrected chi connectivity index (χ2v) is 9.27. The van der Waals surface area contributed by atoms with Crippen molar-refractivity contribution in [2.45, 2.75) is 13.3 Å². The van der Waals surface area contributed by atoms with Crippen LogP contribution in [0.3, 0.4) is 0 Å². The lowest BCUT2D eigenvalue weighted by molar-refractivity contribution is 0.0751. The van der Waals surface area contributed by atoms with Gasteiger partial charge < -0.3 is 9.80 Å². The molecule has 0 unspecified atom stereocenters. The highest BCUT2D eigenvalue weighted by atomic mass is 32.1. The number of thiophene rings is 1. The number of aromatic nitrogens is 2. The minimum absolute atomic E-state index is 0.0741. The van der Waals surface area contributed by atoms with Gasteiger partial charge in [0.1, 0.15) is 11.6 Å². The molecule has 0 aliphatic carbocycles. The summed E-state index contributed by atoms with van der Waals surface area (Å²) in [7, 11) is 0. The highest BCUT2D eigenvalue weighted by molar-refractivity contribution is 7.12. The van der Waals surface area contributed by atoms with Gasteiger partial charge in [0.15, 0.2) is 5.82 Å². The predicted octanol–water partition coefficient (Wildman–Crippen LogP) is 5.21. The smallest absolute Gasteiger partial charge is 0.264 e. The summed E-state index contributed by atoms with van der Waals surface area (Å²) in [6, 6.07) is 20.5. The molecule has 2 aromatic carbocycles. The second kappa shape index (κ2) is 9.73. The lowest BCUT2D eigenvalue weighted by Crippen LogP contribution is -2.49. The van der Waals surface area contributed by atoms with Crippen molar-refractivity contribution in [2.24, 2.45) is 0 Å². The van der Waals surface area contributed by atoms with Gasteiger partial charge in [0, 0.05) is 49.4 Å². The van der Waals surface area contributed by atoms with Crippen LogP contribution in [0.15, 0.2) is 72.1 Å². The van der Waals surface area contributed by atoms with Crippen molar-refractivity contribution in [2.75, 3.05) is 31.1 Å². The van der Waals surface area contributed by atoms with E-state index < -0.39 is 0 Å². The molecule has 5 nitrogen and oxygen atoms in total. The first-order chi connectivity index (χ1) is 16.6. The molecular formula is C27H25FN4OS. The molecule has 0 spiro atoms. The van der Waals surface area contributed by atoms with Gasteiger partial charge in [-0.3, -0.25) is 4.79 Å². The Hall–Kier alpha value is -3.58. The van der Waals surface area contributed by atoms with Crippen molar-refractivity contribution in [3.05, 3.63) is 99.6 Å². The van der Waals surface area contributed by atoms with E-state index in [1.165, 1.54) is 17.4 Å². The molecule has 1 aliphatic heterocycles. The van der Waals surface area contributed by atoms with E-state index in [0.717, 1.165) is 27.5 Å². The Labute approximate surface area is 202 Å². The van der Waals surface area contributed by atoms with E-state index in [2.05, 4.69) is 4.90 Å². The fourth-order valence-electron chi connectivity index (χ4n) is 4.28. The van der Waals surface area contributed by atoms with Gasteiger partial charge in [-0.1, -0.05) is 54.6 Å². The molecule has 0 bridgehead atoms. The average Bonchev–Trinajstić information content (AvgIpc) is 3.42. The molecule has 0 atom stereocenters. The van der Waals surface area contributed by atoms with E-state index in [1.807, 2.05) is 65.7 Å². The third-order valence-electron chi connectivity index (χ3n) is 6.15. The molecule has 1 aliphatic rings. The van der Waals surface area contributed by atoms with Crippen LogP contribution in [-0.4, -0.2) is 47.0 Å². The number of aryl methyl sites for hydroxylation is 1. The Bertz CT molecular complexity index is 1290. The molecule has 7 heteroatoms. The van der Waals surface area contributed by atoms with Crippen LogP contribution in [0.4, 0.5) is 10.2 Å². The van der Waals surface area contributed by atoms with Gasteiger partial charge in [0.2, 0.25) is 0 Å². The number of amides is 1. The molecule has 1 amide bonds. The van der Waals surface area contributed by atoms with Crippen LogP contribution < -0.4 is 4.90 Å². The molecule has 2 aromatic heterocycles. The predicted molar refractivity (Wildman–Crippen MR) is 134 cm³/mol. The van der Waals surface area contributed by atoms with Gasteiger partial charge in [-0.25, -0.2) is 14.4 Å².